The van der Waals surface area contributed by atoms with Crippen LogP contribution in [0.5, 0.6) is 0 Å². The number of hydrogen-bond donors (Lipinski definition) is 3. The summed E-state index contributed by atoms with van der Waals surface area (Å²) >= 11 is 3.47. The molecule has 0 aliphatic carbocycles. The molecule has 0 radical (unpaired) electrons. The van der Waals surface area contributed by atoms with Crippen LogP contribution >= 0.6 is 15.9 Å². The number of hydrogen-bond acceptors (Lipinski definition) is 6. The van der Waals surface area contributed by atoms with Gasteiger partial charge in [-0.2, -0.15) is 9.61 Å². The predicted octanol–water partition coefficient (Wildman–Crippen LogP) is 3.06. The van der Waals surface area contributed by atoms with Gasteiger partial charge in [-0.05, 0) is 34.0 Å². The quantitative estimate of drug-likeness (QED) is 0.599. The maximum atomic E-state index is 9.55. The second kappa shape index (κ2) is 7.14. The lowest BCUT2D eigenvalue weighted by Crippen LogP contribution is -2.30. The van der Waals surface area contributed by atoms with E-state index in [9.17, 15) is 5.11 Å². The van der Waals surface area contributed by atoms with Crippen LogP contribution in [0.15, 0.2) is 41.3 Å². The van der Waals surface area contributed by atoms with Crippen molar-refractivity contribution in [1.29, 1.82) is 0 Å². The average molecular weight is 391 g/mol. The van der Waals surface area contributed by atoms with E-state index in [1.54, 1.807) is 23.1 Å². The number of fused-ring (bicyclic) bond motifs is 1. The highest BCUT2D eigenvalue weighted by molar-refractivity contribution is 9.10. The van der Waals surface area contributed by atoms with Gasteiger partial charge in [0.1, 0.15) is 11.6 Å². The Bertz CT molecular complexity index is 820. The number of rotatable bonds is 6. The zero-order valence-electron chi connectivity index (χ0n) is 13.4. The third-order valence-corrected chi connectivity index (χ3v) is 4.26. The highest BCUT2D eigenvalue weighted by atomic mass is 79.9. The monoisotopic (exact) mass is 390 g/mol. The van der Waals surface area contributed by atoms with Gasteiger partial charge in [0.2, 0.25) is 0 Å². The van der Waals surface area contributed by atoms with E-state index in [1.165, 1.54) is 0 Å². The predicted molar refractivity (Wildman–Crippen MR) is 97.5 cm³/mol. The fourth-order valence-corrected chi connectivity index (χ4v) is 2.64. The Morgan fingerprint density at radius 3 is 2.83 bits per heavy atom. The SMILES string of the molecule is CC(C)C(CO)Nc1cc(Nc2cccnc2)n2ncc(Br)c2n1. The Hall–Kier alpha value is -2.19. The molecule has 3 heterocycles. The van der Waals surface area contributed by atoms with E-state index in [1.807, 2.05) is 18.2 Å². The van der Waals surface area contributed by atoms with E-state index in [2.05, 4.69) is 55.5 Å². The topological polar surface area (TPSA) is 87.4 Å². The number of halogens is 1. The van der Waals surface area contributed by atoms with Crippen LogP contribution in [-0.4, -0.2) is 37.3 Å². The lowest BCUT2D eigenvalue weighted by Gasteiger charge is -2.21. The molecule has 0 aliphatic rings. The summed E-state index contributed by atoms with van der Waals surface area (Å²) in [5.74, 6) is 1.69. The van der Waals surface area contributed by atoms with Crippen LogP contribution in [0.4, 0.5) is 17.3 Å². The molecule has 3 rings (SSSR count). The summed E-state index contributed by atoms with van der Waals surface area (Å²) in [4.78, 5) is 8.69. The number of nitrogens with one attached hydrogen (secondary N) is 2. The van der Waals surface area contributed by atoms with Gasteiger partial charge in [-0.25, -0.2) is 4.98 Å². The summed E-state index contributed by atoms with van der Waals surface area (Å²) in [7, 11) is 0. The van der Waals surface area contributed by atoms with Crippen LogP contribution in [0.1, 0.15) is 13.8 Å². The van der Waals surface area contributed by atoms with Crippen molar-refractivity contribution in [3.63, 3.8) is 0 Å². The van der Waals surface area contributed by atoms with Gasteiger partial charge < -0.3 is 15.7 Å². The highest BCUT2D eigenvalue weighted by Crippen LogP contribution is 2.25. The number of pyridine rings is 1. The summed E-state index contributed by atoms with van der Waals surface area (Å²) in [6.07, 6.45) is 5.16. The molecule has 7 nitrogen and oxygen atoms in total. The molecule has 1 unspecified atom stereocenters. The maximum Gasteiger partial charge on any atom is 0.173 e. The van der Waals surface area contributed by atoms with Crippen LogP contribution in [-0.2, 0) is 0 Å². The lowest BCUT2D eigenvalue weighted by atomic mass is 10.1. The van der Waals surface area contributed by atoms with Gasteiger partial charge in [-0.15, -0.1) is 0 Å². The first-order valence-electron chi connectivity index (χ1n) is 7.67. The van der Waals surface area contributed by atoms with Crippen molar-refractivity contribution >= 4 is 38.9 Å². The van der Waals surface area contributed by atoms with E-state index < -0.39 is 0 Å². The number of aromatic nitrogens is 4. The van der Waals surface area contributed by atoms with Gasteiger partial charge in [-0.1, -0.05) is 13.8 Å². The molecule has 1 atom stereocenters. The molecular formula is C16H19BrN6O. The van der Waals surface area contributed by atoms with Crippen LogP contribution in [0.3, 0.4) is 0 Å². The van der Waals surface area contributed by atoms with Gasteiger partial charge in [0.15, 0.2) is 5.65 Å². The van der Waals surface area contributed by atoms with Crippen molar-refractivity contribution in [3.05, 3.63) is 41.3 Å². The third kappa shape index (κ3) is 3.49. The molecule has 3 N–H and O–H groups in total. The maximum absolute atomic E-state index is 9.55. The molecular weight excluding hydrogens is 372 g/mol. The van der Waals surface area contributed by atoms with E-state index in [-0.39, 0.29) is 18.6 Å². The van der Waals surface area contributed by atoms with Gasteiger partial charge in [0.05, 0.1) is 35.2 Å². The summed E-state index contributed by atoms with van der Waals surface area (Å²) in [6.45, 7) is 4.14. The fourth-order valence-electron chi connectivity index (χ4n) is 2.30. The zero-order chi connectivity index (χ0) is 17.1. The van der Waals surface area contributed by atoms with Crippen molar-refractivity contribution < 1.29 is 5.11 Å². The fraction of sp³-hybridized carbons (Fsp3) is 0.312. The molecule has 24 heavy (non-hydrogen) atoms. The minimum atomic E-state index is -0.0760. The zero-order valence-corrected chi connectivity index (χ0v) is 15.0. The molecule has 0 amide bonds. The van der Waals surface area contributed by atoms with E-state index in [0.29, 0.717) is 11.5 Å². The van der Waals surface area contributed by atoms with Gasteiger partial charge in [0.25, 0.3) is 0 Å². The lowest BCUT2D eigenvalue weighted by molar-refractivity contribution is 0.249. The molecule has 0 aliphatic heterocycles. The number of anilines is 3. The van der Waals surface area contributed by atoms with Crippen LogP contribution in [0, 0.1) is 5.92 Å². The van der Waals surface area contributed by atoms with Crippen molar-refractivity contribution in [2.24, 2.45) is 5.92 Å². The van der Waals surface area contributed by atoms with Crippen molar-refractivity contribution in [1.82, 2.24) is 19.6 Å². The molecule has 0 spiro atoms. The second-order valence-corrected chi connectivity index (χ2v) is 6.65. The molecule has 126 valence electrons. The van der Waals surface area contributed by atoms with Crippen molar-refractivity contribution in [2.45, 2.75) is 19.9 Å². The molecule has 0 saturated carbocycles. The van der Waals surface area contributed by atoms with Crippen LogP contribution in [0.25, 0.3) is 5.65 Å². The summed E-state index contributed by atoms with van der Waals surface area (Å²) in [5, 5.41) is 20.5. The second-order valence-electron chi connectivity index (χ2n) is 5.80. The number of nitrogens with zero attached hydrogens (tertiary/aromatic N) is 4. The van der Waals surface area contributed by atoms with Gasteiger partial charge >= 0.3 is 0 Å². The minimum Gasteiger partial charge on any atom is -0.394 e. The number of aliphatic hydroxyl groups is 1. The first-order valence-corrected chi connectivity index (χ1v) is 8.46. The first kappa shape index (κ1) is 16.7. The molecule has 3 aromatic rings. The molecule has 8 heteroatoms. The largest absolute Gasteiger partial charge is 0.394 e. The molecule has 0 aromatic carbocycles. The molecule has 0 fully saturated rings. The van der Waals surface area contributed by atoms with Crippen LogP contribution < -0.4 is 10.6 Å². The summed E-state index contributed by atoms with van der Waals surface area (Å²) in [6, 6.07) is 5.58. The summed E-state index contributed by atoms with van der Waals surface area (Å²) in [5.41, 5.74) is 1.54. The van der Waals surface area contributed by atoms with Crippen LogP contribution in [0.2, 0.25) is 0 Å². The van der Waals surface area contributed by atoms with Crippen molar-refractivity contribution in [2.75, 3.05) is 17.2 Å². The Balaban J connectivity index is 2.00. The Morgan fingerprint density at radius 1 is 1.33 bits per heavy atom. The highest BCUT2D eigenvalue weighted by Gasteiger charge is 2.15. The van der Waals surface area contributed by atoms with E-state index in [4.69, 9.17) is 0 Å². The third-order valence-electron chi connectivity index (χ3n) is 3.70. The minimum absolute atomic E-state index is 0.0380. The van der Waals surface area contributed by atoms with Gasteiger partial charge in [0, 0.05) is 12.3 Å². The summed E-state index contributed by atoms with van der Waals surface area (Å²) < 4.78 is 2.51. The van der Waals surface area contributed by atoms with Crippen molar-refractivity contribution in [3.8, 4) is 0 Å². The van der Waals surface area contributed by atoms with E-state index >= 15 is 0 Å². The van der Waals surface area contributed by atoms with E-state index in [0.717, 1.165) is 16.0 Å². The smallest absolute Gasteiger partial charge is 0.173 e. The molecule has 0 saturated heterocycles. The molecule has 3 aromatic heterocycles. The Morgan fingerprint density at radius 2 is 2.17 bits per heavy atom. The number of aliphatic hydroxyl groups excluding tert-OH is 1. The Kier molecular flexibility index (Phi) is 4.96. The van der Waals surface area contributed by atoms with Gasteiger partial charge in [-0.3, -0.25) is 4.98 Å². The Labute approximate surface area is 148 Å². The average Bonchev–Trinajstić information content (AvgIpc) is 2.95. The standard InChI is InChI=1S/C16H19BrN6O/c1-10(2)13(9-24)21-14-6-15(20-11-4-3-5-18-7-11)23-16(22-14)12(17)8-19-23/h3-8,10,13,20,24H,9H2,1-2H3,(H,21,22). The first-order chi connectivity index (χ1) is 11.6. The molecule has 0 bridgehead atoms. The normalized spacial score (nSPS) is 12.5.